The standard InChI is InChI=1S/C36H24INO/c37-38(31-22-28(25-11-4-1-5-12-25)21-29(23-31)26-13-6-2-7-14-26)30-19-20-34-33(24-30)36-32(17-10-18-35(36)39-34)27-15-8-3-9-16-27/h1-24H. The summed E-state index contributed by atoms with van der Waals surface area (Å²) in [6, 6.07) is 51.3. The van der Waals surface area contributed by atoms with Gasteiger partial charge in [0.1, 0.15) is 11.2 Å². The first kappa shape index (κ1) is 23.7. The minimum Gasteiger partial charge on any atom is -0.456 e. The van der Waals surface area contributed by atoms with Gasteiger partial charge in [0.2, 0.25) is 0 Å². The van der Waals surface area contributed by atoms with E-state index >= 15 is 0 Å². The highest BCUT2D eigenvalue weighted by molar-refractivity contribution is 14.1. The van der Waals surface area contributed by atoms with Crippen LogP contribution in [0.25, 0.3) is 55.3 Å². The van der Waals surface area contributed by atoms with Crippen LogP contribution in [-0.2, 0) is 0 Å². The van der Waals surface area contributed by atoms with Crippen LogP contribution in [0.4, 0.5) is 11.4 Å². The number of benzene rings is 6. The van der Waals surface area contributed by atoms with Crippen LogP contribution in [0, 0.1) is 0 Å². The lowest BCUT2D eigenvalue weighted by molar-refractivity contribution is 0.669. The zero-order chi connectivity index (χ0) is 26.2. The molecule has 3 heteroatoms. The van der Waals surface area contributed by atoms with Crippen molar-refractivity contribution in [3.8, 4) is 33.4 Å². The summed E-state index contributed by atoms with van der Waals surface area (Å²) < 4.78 is 8.52. The van der Waals surface area contributed by atoms with Crippen LogP contribution in [0.5, 0.6) is 0 Å². The molecular weight excluding hydrogens is 589 g/mol. The zero-order valence-electron chi connectivity index (χ0n) is 21.1. The van der Waals surface area contributed by atoms with Gasteiger partial charge in [0.05, 0.1) is 34.2 Å². The fraction of sp³-hybridized carbons (Fsp3) is 0. The highest BCUT2D eigenvalue weighted by Crippen LogP contribution is 2.41. The molecule has 0 N–H and O–H groups in total. The summed E-state index contributed by atoms with van der Waals surface area (Å²) in [5.74, 6) is 0. The Morgan fingerprint density at radius 3 is 1.64 bits per heavy atom. The quantitative estimate of drug-likeness (QED) is 0.142. The molecule has 0 saturated heterocycles. The Balaban J connectivity index is 1.38. The maximum atomic E-state index is 6.29. The molecule has 2 nitrogen and oxygen atoms in total. The van der Waals surface area contributed by atoms with E-state index in [0.29, 0.717) is 0 Å². The van der Waals surface area contributed by atoms with Crippen LogP contribution in [0.2, 0.25) is 0 Å². The molecule has 7 aromatic rings. The van der Waals surface area contributed by atoms with Crippen LogP contribution in [0.15, 0.2) is 150 Å². The number of rotatable bonds is 5. The van der Waals surface area contributed by atoms with Gasteiger partial charge >= 0.3 is 0 Å². The molecule has 1 aromatic heterocycles. The predicted octanol–water partition coefficient (Wildman–Crippen LogP) is 11.1. The summed E-state index contributed by atoms with van der Waals surface area (Å²) in [5, 5.41) is 2.26. The van der Waals surface area contributed by atoms with Gasteiger partial charge in [-0.2, -0.15) is 0 Å². The fourth-order valence-corrected chi connectivity index (χ4v) is 5.84. The Bertz CT molecular complexity index is 1850. The molecule has 0 aliphatic heterocycles. The third kappa shape index (κ3) is 4.49. The van der Waals surface area contributed by atoms with Gasteiger partial charge < -0.3 is 4.42 Å². The molecule has 0 amide bonds. The lowest BCUT2D eigenvalue weighted by Crippen LogP contribution is -2.01. The van der Waals surface area contributed by atoms with Gasteiger partial charge in [-0.15, -0.1) is 0 Å². The predicted molar refractivity (Wildman–Crippen MR) is 173 cm³/mol. The third-order valence-corrected chi connectivity index (χ3v) is 8.26. The summed E-state index contributed by atoms with van der Waals surface area (Å²) >= 11 is 2.42. The summed E-state index contributed by atoms with van der Waals surface area (Å²) in [6.07, 6.45) is 0. The number of fused-ring (bicyclic) bond motifs is 3. The number of nitrogens with zero attached hydrogens (tertiary/aromatic N) is 1. The van der Waals surface area contributed by atoms with Crippen molar-refractivity contribution in [3.63, 3.8) is 0 Å². The van der Waals surface area contributed by atoms with E-state index in [4.69, 9.17) is 4.42 Å². The van der Waals surface area contributed by atoms with E-state index in [1.54, 1.807) is 0 Å². The average molecular weight is 613 g/mol. The van der Waals surface area contributed by atoms with Crippen LogP contribution in [0.1, 0.15) is 0 Å². The van der Waals surface area contributed by atoms with Crippen molar-refractivity contribution in [1.82, 2.24) is 0 Å². The lowest BCUT2D eigenvalue weighted by Gasteiger charge is -2.20. The van der Waals surface area contributed by atoms with Gasteiger partial charge in [-0.3, -0.25) is 3.11 Å². The number of furan rings is 1. The monoisotopic (exact) mass is 613 g/mol. The van der Waals surface area contributed by atoms with Crippen molar-refractivity contribution in [1.29, 1.82) is 0 Å². The lowest BCUT2D eigenvalue weighted by atomic mass is 9.98. The zero-order valence-corrected chi connectivity index (χ0v) is 23.2. The smallest absolute Gasteiger partial charge is 0.136 e. The summed E-state index contributed by atoms with van der Waals surface area (Å²) in [5.41, 5.74) is 11.2. The molecule has 6 aromatic carbocycles. The Morgan fingerprint density at radius 2 is 1.03 bits per heavy atom. The molecule has 7 rings (SSSR count). The van der Waals surface area contributed by atoms with Gasteiger partial charge in [0, 0.05) is 10.8 Å². The van der Waals surface area contributed by atoms with E-state index in [9.17, 15) is 0 Å². The molecule has 0 spiro atoms. The second-order valence-electron chi connectivity index (χ2n) is 9.61. The van der Waals surface area contributed by atoms with Gasteiger partial charge in [-0.25, -0.2) is 0 Å². The molecule has 0 unspecified atom stereocenters. The number of anilines is 2. The van der Waals surface area contributed by atoms with Crippen molar-refractivity contribution < 1.29 is 4.42 Å². The topological polar surface area (TPSA) is 16.4 Å². The van der Waals surface area contributed by atoms with Crippen LogP contribution >= 0.6 is 22.9 Å². The van der Waals surface area contributed by atoms with Gasteiger partial charge in [-0.1, -0.05) is 103 Å². The summed E-state index contributed by atoms with van der Waals surface area (Å²) in [6.45, 7) is 0. The SMILES string of the molecule is IN(c1cc(-c2ccccc2)cc(-c2ccccc2)c1)c1ccc2oc3cccc(-c4ccccc4)c3c2c1. The highest BCUT2D eigenvalue weighted by Gasteiger charge is 2.16. The van der Waals surface area contributed by atoms with Crippen molar-refractivity contribution in [2.75, 3.05) is 3.11 Å². The molecule has 39 heavy (non-hydrogen) atoms. The molecule has 0 atom stereocenters. The van der Waals surface area contributed by atoms with Crippen LogP contribution in [0.3, 0.4) is 0 Å². The molecule has 0 fully saturated rings. The maximum absolute atomic E-state index is 6.29. The molecule has 1 heterocycles. The number of hydrogen-bond donors (Lipinski definition) is 0. The van der Waals surface area contributed by atoms with Crippen LogP contribution < -0.4 is 3.11 Å². The molecule has 0 aliphatic rings. The molecule has 0 bridgehead atoms. The Kier molecular flexibility index (Phi) is 6.14. The van der Waals surface area contributed by atoms with E-state index in [0.717, 1.165) is 33.3 Å². The van der Waals surface area contributed by atoms with Gasteiger partial charge in [0.25, 0.3) is 0 Å². The van der Waals surface area contributed by atoms with E-state index in [-0.39, 0.29) is 0 Å². The van der Waals surface area contributed by atoms with E-state index in [2.05, 4.69) is 172 Å². The second-order valence-corrected chi connectivity index (χ2v) is 10.6. The molecular formula is C36H24INO. The maximum Gasteiger partial charge on any atom is 0.136 e. The minimum atomic E-state index is 0.893. The van der Waals surface area contributed by atoms with E-state index < -0.39 is 0 Å². The number of hydrogen-bond acceptors (Lipinski definition) is 2. The number of halogens is 1. The Morgan fingerprint density at radius 1 is 0.436 bits per heavy atom. The molecule has 0 aliphatic carbocycles. The average Bonchev–Trinajstić information content (AvgIpc) is 3.40. The first-order chi connectivity index (χ1) is 19.2. The minimum absolute atomic E-state index is 0.893. The highest BCUT2D eigenvalue weighted by atomic mass is 127. The van der Waals surface area contributed by atoms with Crippen molar-refractivity contribution in [3.05, 3.63) is 146 Å². The second kappa shape index (κ2) is 10.1. The molecule has 0 radical (unpaired) electrons. The van der Waals surface area contributed by atoms with Crippen molar-refractivity contribution in [2.45, 2.75) is 0 Å². The Hall–Kier alpha value is -4.35. The van der Waals surface area contributed by atoms with Crippen molar-refractivity contribution >= 4 is 56.2 Å². The first-order valence-corrected chi connectivity index (χ1v) is 13.9. The summed E-state index contributed by atoms with van der Waals surface area (Å²) in [7, 11) is 0. The van der Waals surface area contributed by atoms with E-state index in [1.807, 2.05) is 0 Å². The fourth-order valence-electron chi connectivity index (χ4n) is 5.26. The normalized spacial score (nSPS) is 11.2. The molecule has 186 valence electrons. The first-order valence-electron chi connectivity index (χ1n) is 13.0. The third-order valence-electron chi connectivity index (χ3n) is 7.15. The van der Waals surface area contributed by atoms with Crippen LogP contribution in [-0.4, -0.2) is 0 Å². The largest absolute Gasteiger partial charge is 0.456 e. The summed E-state index contributed by atoms with van der Waals surface area (Å²) in [4.78, 5) is 0. The molecule has 0 saturated carbocycles. The van der Waals surface area contributed by atoms with Crippen molar-refractivity contribution in [2.24, 2.45) is 0 Å². The Labute approximate surface area is 241 Å². The van der Waals surface area contributed by atoms with E-state index in [1.165, 1.54) is 33.4 Å². The van der Waals surface area contributed by atoms with Gasteiger partial charge in [-0.05, 0) is 75.8 Å². The van der Waals surface area contributed by atoms with Gasteiger partial charge in [0.15, 0.2) is 0 Å².